The molecule has 1 saturated carbocycles. The normalized spacial score (nSPS) is 17.7. The molecule has 0 aliphatic heterocycles. The third kappa shape index (κ3) is 3.16. The number of hydrogen-bond acceptors (Lipinski definition) is 2. The van der Waals surface area contributed by atoms with Crippen LogP contribution in [0.5, 0.6) is 0 Å². The molecule has 0 spiro atoms. The van der Waals surface area contributed by atoms with E-state index in [1.165, 1.54) is 37.7 Å². The number of nitrogens with two attached hydrogens (primary N) is 1. The van der Waals surface area contributed by atoms with E-state index in [9.17, 15) is 0 Å². The van der Waals surface area contributed by atoms with Gasteiger partial charge < -0.3 is 5.73 Å². The Kier molecular flexibility index (Phi) is 3.56. The predicted octanol–water partition coefficient (Wildman–Crippen LogP) is 2.47. The Hall–Kier alpha value is -1.35. The molecule has 1 aromatic rings. The third-order valence-electron chi connectivity index (χ3n) is 4.28. The fraction of sp³-hybridized carbons (Fsp3) is 0.562. The average Bonchev–Trinajstić information content (AvgIpc) is 3.12. The molecule has 0 atom stereocenters. The van der Waals surface area contributed by atoms with Crippen LogP contribution in [0.15, 0.2) is 18.2 Å². The first-order valence-corrected chi connectivity index (χ1v) is 7.40. The standard InChI is InChI=1S/C16H23N3/c17-16(18)8-9-19(15-6-7-15)11-12-4-5-13-2-1-3-14(13)10-12/h4-5,10,15H,1-3,6-9,11H2,(H3,17,18). The van der Waals surface area contributed by atoms with Crippen molar-refractivity contribution in [3.8, 4) is 0 Å². The molecule has 1 fully saturated rings. The second kappa shape index (κ2) is 5.33. The highest BCUT2D eigenvalue weighted by Gasteiger charge is 2.28. The molecule has 0 amide bonds. The van der Waals surface area contributed by atoms with Crippen LogP contribution in [0.25, 0.3) is 0 Å². The molecule has 0 unspecified atom stereocenters. The fourth-order valence-electron chi connectivity index (χ4n) is 3.05. The lowest BCUT2D eigenvalue weighted by molar-refractivity contribution is 0.262. The van der Waals surface area contributed by atoms with Crippen LogP contribution >= 0.6 is 0 Å². The maximum absolute atomic E-state index is 7.38. The van der Waals surface area contributed by atoms with Crippen LogP contribution in [0.3, 0.4) is 0 Å². The van der Waals surface area contributed by atoms with Crippen LogP contribution in [0, 0.1) is 5.41 Å². The van der Waals surface area contributed by atoms with Gasteiger partial charge in [0, 0.05) is 25.6 Å². The number of rotatable bonds is 6. The Labute approximate surface area is 115 Å². The molecule has 1 aromatic carbocycles. The Bertz CT molecular complexity index is 477. The topological polar surface area (TPSA) is 53.1 Å². The van der Waals surface area contributed by atoms with Gasteiger partial charge in [-0.25, -0.2) is 0 Å². The van der Waals surface area contributed by atoms with Crippen LogP contribution < -0.4 is 5.73 Å². The lowest BCUT2D eigenvalue weighted by Gasteiger charge is -2.22. The van der Waals surface area contributed by atoms with Gasteiger partial charge in [0.15, 0.2) is 0 Å². The smallest absolute Gasteiger partial charge is 0.0918 e. The number of amidine groups is 1. The van der Waals surface area contributed by atoms with E-state index < -0.39 is 0 Å². The lowest BCUT2D eigenvalue weighted by Crippen LogP contribution is -2.29. The Balaban J connectivity index is 1.66. The molecule has 0 bridgehead atoms. The van der Waals surface area contributed by atoms with Crippen molar-refractivity contribution in [2.24, 2.45) is 5.73 Å². The van der Waals surface area contributed by atoms with Crippen molar-refractivity contribution in [1.29, 1.82) is 5.41 Å². The minimum atomic E-state index is 0.305. The quantitative estimate of drug-likeness (QED) is 0.607. The van der Waals surface area contributed by atoms with E-state index in [0.717, 1.165) is 19.1 Å². The first-order chi connectivity index (χ1) is 9.22. The lowest BCUT2D eigenvalue weighted by atomic mass is 10.1. The molecule has 3 N–H and O–H groups in total. The maximum Gasteiger partial charge on any atom is 0.0918 e. The van der Waals surface area contributed by atoms with Crippen molar-refractivity contribution < 1.29 is 0 Å². The minimum absolute atomic E-state index is 0.305. The predicted molar refractivity (Wildman–Crippen MR) is 78.4 cm³/mol. The second-order valence-corrected chi connectivity index (χ2v) is 5.93. The first kappa shape index (κ1) is 12.7. The van der Waals surface area contributed by atoms with E-state index >= 15 is 0 Å². The third-order valence-corrected chi connectivity index (χ3v) is 4.28. The van der Waals surface area contributed by atoms with Crippen molar-refractivity contribution in [3.63, 3.8) is 0 Å². The first-order valence-electron chi connectivity index (χ1n) is 7.40. The van der Waals surface area contributed by atoms with E-state index in [-0.39, 0.29) is 0 Å². The van der Waals surface area contributed by atoms with Crippen LogP contribution in [0.1, 0.15) is 42.4 Å². The number of nitrogens with one attached hydrogen (secondary N) is 1. The summed E-state index contributed by atoms with van der Waals surface area (Å²) in [5, 5.41) is 7.38. The molecule has 102 valence electrons. The van der Waals surface area contributed by atoms with Crippen LogP contribution in [0.2, 0.25) is 0 Å². The molecule has 0 aromatic heterocycles. The highest BCUT2D eigenvalue weighted by molar-refractivity contribution is 5.76. The largest absolute Gasteiger partial charge is 0.388 e. The number of aryl methyl sites for hydroxylation is 2. The van der Waals surface area contributed by atoms with Gasteiger partial charge in [0.2, 0.25) is 0 Å². The zero-order chi connectivity index (χ0) is 13.2. The number of nitrogens with zero attached hydrogens (tertiary/aromatic N) is 1. The Morgan fingerprint density at radius 3 is 2.79 bits per heavy atom. The van der Waals surface area contributed by atoms with E-state index in [1.54, 1.807) is 11.1 Å². The van der Waals surface area contributed by atoms with Gasteiger partial charge >= 0.3 is 0 Å². The summed E-state index contributed by atoms with van der Waals surface area (Å²) in [5.41, 5.74) is 10.0. The highest BCUT2D eigenvalue weighted by Crippen LogP contribution is 2.29. The summed E-state index contributed by atoms with van der Waals surface area (Å²) < 4.78 is 0. The Morgan fingerprint density at radius 2 is 2.05 bits per heavy atom. The molecule has 3 rings (SSSR count). The summed E-state index contributed by atoms with van der Waals surface area (Å²) in [6.07, 6.45) is 7.13. The van der Waals surface area contributed by atoms with Gasteiger partial charge in [-0.3, -0.25) is 10.3 Å². The van der Waals surface area contributed by atoms with Crippen LogP contribution in [-0.4, -0.2) is 23.3 Å². The molecule has 19 heavy (non-hydrogen) atoms. The summed E-state index contributed by atoms with van der Waals surface area (Å²) in [6, 6.07) is 7.72. The van der Waals surface area contributed by atoms with Gasteiger partial charge in [0.1, 0.15) is 0 Å². The molecule has 3 nitrogen and oxygen atoms in total. The van der Waals surface area contributed by atoms with E-state index in [2.05, 4.69) is 23.1 Å². The van der Waals surface area contributed by atoms with E-state index in [1.807, 2.05) is 0 Å². The number of fused-ring (bicyclic) bond motifs is 1. The van der Waals surface area contributed by atoms with Crippen molar-refractivity contribution >= 4 is 5.84 Å². The highest BCUT2D eigenvalue weighted by atomic mass is 15.2. The SMILES string of the molecule is N=C(N)CCN(Cc1ccc2c(c1)CCC2)C1CC1. The summed E-state index contributed by atoms with van der Waals surface area (Å²) in [6.45, 7) is 1.95. The summed E-state index contributed by atoms with van der Waals surface area (Å²) >= 11 is 0. The average molecular weight is 257 g/mol. The number of benzene rings is 1. The molecule has 0 heterocycles. The van der Waals surface area contributed by atoms with E-state index in [4.69, 9.17) is 11.1 Å². The van der Waals surface area contributed by atoms with Gasteiger partial charge in [-0.05, 0) is 48.8 Å². The van der Waals surface area contributed by atoms with E-state index in [0.29, 0.717) is 12.3 Å². The van der Waals surface area contributed by atoms with Crippen molar-refractivity contribution in [2.45, 2.75) is 51.1 Å². The molecule has 2 aliphatic rings. The molecule has 0 radical (unpaired) electrons. The van der Waals surface area contributed by atoms with Gasteiger partial charge in [0.05, 0.1) is 5.84 Å². The van der Waals surface area contributed by atoms with Crippen LogP contribution in [-0.2, 0) is 19.4 Å². The Morgan fingerprint density at radius 1 is 1.26 bits per heavy atom. The van der Waals surface area contributed by atoms with Gasteiger partial charge in [-0.1, -0.05) is 18.2 Å². The van der Waals surface area contributed by atoms with Gasteiger partial charge in [-0.2, -0.15) is 0 Å². The minimum Gasteiger partial charge on any atom is -0.388 e. The zero-order valence-corrected chi connectivity index (χ0v) is 11.5. The summed E-state index contributed by atoms with van der Waals surface area (Å²) in [7, 11) is 0. The van der Waals surface area contributed by atoms with Crippen molar-refractivity contribution in [2.75, 3.05) is 6.54 Å². The van der Waals surface area contributed by atoms with Gasteiger partial charge in [-0.15, -0.1) is 0 Å². The zero-order valence-electron chi connectivity index (χ0n) is 11.5. The fourth-order valence-corrected chi connectivity index (χ4v) is 3.05. The molecular weight excluding hydrogens is 234 g/mol. The number of hydrogen-bond donors (Lipinski definition) is 2. The molecule has 0 saturated heterocycles. The monoisotopic (exact) mass is 257 g/mol. The van der Waals surface area contributed by atoms with Crippen molar-refractivity contribution in [3.05, 3.63) is 34.9 Å². The second-order valence-electron chi connectivity index (χ2n) is 5.93. The molecule has 3 heteroatoms. The molecule has 2 aliphatic carbocycles. The van der Waals surface area contributed by atoms with Crippen molar-refractivity contribution in [1.82, 2.24) is 4.90 Å². The summed E-state index contributed by atoms with van der Waals surface area (Å²) in [5.74, 6) is 0.305. The van der Waals surface area contributed by atoms with Gasteiger partial charge in [0.25, 0.3) is 0 Å². The summed E-state index contributed by atoms with van der Waals surface area (Å²) in [4.78, 5) is 2.50. The van der Waals surface area contributed by atoms with Crippen LogP contribution in [0.4, 0.5) is 0 Å². The molecular formula is C16H23N3. The maximum atomic E-state index is 7.38.